The molecule has 3 aromatic carbocycles. The zero-order chi connectivity index (χ0) is 66.6. The Morgan fingerprint density at radius 3 is 0.828 bits per heavy atom. The van der Waals surface area contributed by atoms with E-state index in [1.807, 2.05) is 0 Å². The van der Waals surface area contributed by atoms with Crippen LogP contribution >= 0.6 is 34.8 Å². The molecule has 39 nitrogen and oxygen atoms in total. The number of nitro benzene ring substituents is 6. The molecule has 0 aliphatic carbocycles. The minimum absolute atomic E-state index is 0.0480. The fourth-order valence-corrected chi connectivity index (χ4v) is 8.81. The van der Waals surface area contributed by atoms with Gasteiger partial charge in [0.05, 0.1) is 123 Å². The van der Waals surface area contributed by atoms with E-state index < -0.39 is 175 Å². The molecule has 0 bridgehead atoms. The molecule has 0 atom stereocenters. The van der Waals surface area contributed by atoms with E-state index in [0.29, 0.717) is 12.1 Å². The minimum atomic E-state index is -3.91. The number of amides is 3. The molecule has 0 aliphatic rings. The molecule has 0 unspecified atom stereocenters. The average Bonchev–Trinajstić information content (AvgIpc) is 1.17. The third kappa shape index (κ3) is 26.9. The fourth-order valence-electron chi connectivity index (χ4n) is 7.07. The molecule has 6 N–H and O–H groups in total. The second-order valence-corrected chi connectivity index (χ2v) is 22.7. The molecule has 0 aromatic heterocycles. The number of anilines is 3. The van der Waals surface area contributed by atoms with Gasteiger partial charge in [0.15, 0.2) is 0 Å². The van der Waals surface area contributed by atoms with Crippen molar-refractivity contribution in [1.29, 1.82) is 0 Å². The van der Waals surface area contributed by atoms with Gasteiger partial charge in [-0.15, -0.1) is 34.8 Å². The summed E-state index contributed by atoms with van der Waals surface area (Å²) in [5.74, 6) is -2.55. The lowest BCUT2D eigenvalue weighted by Gasteiger charge is -2.26. The van der Waals surface area contributed by atoms with Crippen molar-refractivity contribution in [3.05, 3.63) is 114 Å². The quantitative estimate of drug-likeness (QED) is 0.0202. The van der Waals surface area contributed by atoms with Crippen LogP contribution in [0.2, 0.25) is 0 Å². The lowest BCUT2D eigenvalue weighted by atomic mass is 10.1. The van der Waals surface area contributed by atoms with E-state index in [2.05, 4.69) is 28.5 Å². The van der Waals surface area contributed by atoms with Crippen molar-refractivity contribution in [2.75, 3.05) is 150 Å². The van der Waals surface area contributed by atoms with E-state index in [9.17, 15) is 100 Å². The predicted molar refractivity (Wildman–Crippen MR) is 309 cm³/mol. The molecular weight excluding hydrogens is 1310 g/mol. The number of halogens is 3. The first kappa shape index (κ1) is 77.4. The Hall–Kier alpha value is -7.65. The number of hydrogen-bond donors (Lipinski definition) is 6. The Balaban J connectivity index is 0.000000659. The summed E-state index contributed by atoms with van der Waals surface area (Å²) in [4.78, 5) is 104. The molecular formula is C42H57Cl3N12O27S3. The number of nitrogens with one attached hydrogen (secondary N) is 3. The number of rotatable bonds is 36. The summed E-state index contributed by atoms with van der Waals surface area (Å²) in [6.07, 6.45) is 2.33. The number of carbonyl (C=O) groups excluding carboxylic acids is 3. The zero-order valence-corrected chi connectivity index (χ0v) is 50.4. The molecule has 0 radical (unpaired) electrons. The standard InChI is InChI=1S/C15H22N4O12S2.C14H19ClN4O9S.C13H16Cl2N4O6/c1-32(26,27)30-7-4-17(5-8-31-33(2,28)29)14-12(15(21)16-3-6-20)9-11(18(22)23)10-13(14)19(24)25;1-29(26,27)28-7-5-17(4-2-15)13-11(14(21)16-3-6-20)8-10(18(22)23)9-12(13)19(24)25;14-1-4-17(5-2-15)12-10(13(21)16-3-6-20)7-9(18(22)23)8-11(12)19(24)25/h9-10,20H,3-8H2,1-2H3,(H,16,21);8-9,20H,2-7H2,1H3,(H,16,21);7-8,20H,1-6H2,(H,16,21). The van der Waals surface area contributed by atoms with Crippen LogP contribution in [0.4, 0.5) is 51.2 Å². The predicted octanol–water partition coefficient (Wildman–Crippen LogP) is 0.740. The topological polar surface area (TPSA) is 547 Å². The van der Waals surface area contributed by atoms with Gasteiger partial charge in [0.25, 0.3) is 82.2 Å². The maximum Gasteiger partial charge on any atom is 0.300 e. The maximum absolute atomic E-state index is 12.6. The Kier molecular flexibility index (Phi) is 33.0. The van der Waals surface area contributed by atoms with Crippen molar-refractivity contribution in [1.82, 2.24) is 16.0 Å². The summed E-state index contributed by atoms with van der Waals surface area (Å²) in [5.41, 5.74) is -6.32. The van der Waals surface area contributed by atoms with Crippen LogP contribution in [0.3, 0.4) is 0 Å². The van der Waals surface area contributed by atoms with Gasteiger partial charge in [0.1, 0.15) is 17.1 Å². The summed E-state index contributed by atoms with van der Waals surface area (Å²) >= 11 is 17.2. The highest BCUT2D eigenvalue weighted by atomic mass is 35.5. The first-order valence-corrected chi connectivity index (χ1v) is 31.1. The lowest BCUT2D eigenvalue weighted by molar-refractivity contribution is -0.394. The number of aliphatic hydroxyl groups is 3. The van der Waals surface area contributed by atoms with Gasteiger partial charge in [-0.1, -0.05) is 0 Å². The number of nitrogens with zero attached hydrogens (tertiary/aromatic N) is 9. The molecule has 0 saturated carbocycles. The summed E-state index contributed by atoms with van der Waals surface area (Å²) in [6, 6.07) is 4.64. The van der Waals surface area contributed by atoms with Crippen molar-refractivity contribution in [3.8, 4) is 0 Å². The SMILES string of the molecule is CS(=O)(=O)OCCN(CCCl)c1c(C(=O)NCCO)cc([N+](=O)[O-])cc1[N+](=O)[O-].CS(=O)(=O)OCCN(CCOS(C)(=O)=O)c1c(C(=O)NCCO)cc([N+](=O)[O-])cc1[N+](=O)[O-].O=C(NCCO)c1cc([N+](=O)[O-])cc([N+](=O)[O-])c1N(CCCl)CCCl. The molecule has 0 heterocycles. The number of alkyl halides is 3. The van der Waals surface area contributed by atoms with E-state index in [1.54, 1.807) is 0 Å². The number of carbonyl (C=O) groups is 3. The Bertz CT molecular complexity index is 3270. The third-order valence-electron chi connectivity index (χ3n) is 10.4. The van der Waals surface area contributed by atoms with Crippen LogP contribution in [-0.4, -0.2) is 223 Å². The Morgan fingerprint density at radius 1 is 0.425 bits per heavy atom. The molecule has 0 fully saturated rings. The van der Waals surface area contributed by atoms with Crippen molar-refractivity contribution < 1.29 is 97.0 Å². The number of aliphatic hydroxyl groups excluding tert-OH is 3. The number of hydrogen-bond acceptors (Lipinski definition) is 30. The van der Waals surface area contributed by atoms with Crippen molar-refractivity contribution in [2.24, 2.45) is 0 Å². The highest BCUT2D eigenvalue weighted by molar-refractivity contribution is 7.86. The summed E-state index contributed by atoms with van der Waals surface area (Å²) in [7, 11) is -11.6. The van der Waals surface area contributed by atoms with Gasteiger partial charge in [-0.2, -0.15) is 25.3 Å². The van der Waals surface area contributed by atoms with Gasteiger partial charge in [0, 0.05) is 94.7 Å². The van der Waals surface area contributed by atoms with Crippen LogP contribution in [0.5, 0.6) is 0 Å². The molecule has 87 heavy (non-hydrogen) atoms. The first-order valence-electron chi connectivity index (χ1n) is 24.1. The van der Waals surface area contributed by atoms with E-state index >= 15 is 0 Å². The smallest absolute Gasteiger partial charge is 0.300 e. The van der Waals surface area contributed by atoms with E-state index in [-0.39, 0.29) is 87.0 Å². The van der Waals surface area contributed by atoms with Gasteiger partial charge < -0.3 is 46.0 Å². The molecule has 0 spiro atoms. The van der Waals surface area contributed by atoms with Crippen molar-refractivity contribution in [2.45, 2.75) is 0 Å². The highest BCUT2D eigenvalue weighted by Gasteiger charge is 2.34. The van der Waals surface area contributed by atoms with Crippen LogP contribution in [0.15, 0.2) is 36.4 Å². The van der Waals surface area contributed by atoms with Crippen molar-refractivity contribution in [3.63, 3.8) is 0 Å². The molecule has 486 valence electrons. The second-order valence-electron chi connectivity index (χ2n) is 16.7. The van der Waals surface area contributed by atoms with Crippen molar-refractivity contribution >= 4 is 134 Å². The van der Waals surface area contributed by atoms with Gasteiger partial charge in [-0.05, 0) is 0 Å². The van der Waals surface area contributed by atoms with Crippen LogP contribution in [-0.2, 0) is 42.9 Å². The van der Waals surface area contributed by atoms with Gasteiger partial charge in [-0.3, -0.25) is 87.6 Å². The van der Waals surface area contributed by atoms with E-state index in [0.717, 1.165) is 47.9 Å². The van der Waals surface area contributed by atoms with Gasteiger partial charge >= 0.3 is 0 Å². The van der Waals surface area contributed by atoms with E-state index in [4.69, 9.17) is 50.1 Å². The summed E-state index contributed by atoms with van der Waals surface area (Å²) in [6.45, 7) is -4.13. The van der Waals surface area contributed by atoms with E-state index in [1.165, 1.54) is 9.80 Å². The molecule has 3 aromatic rings. The molecule has 3 rings (SSSR count). The van der Waals surface area contributed by atoms with Crippen LogP contribution in [0, 0.1) is 60.7 Å². The minimum Gasteiger partial charge on any atom is -0.395 e. The fraction of sp³-hybridized carbons (Fsp3) is 0.500. The highest BCUT2D eigenvalue weighted by Crippen LogP contribution is 2.39. The molecule has 45 heteroatoms. The average molecular weight is 1360 g/mol. The lowest BCUT2D eigenvalue weighted by Crippen LogP contribution is -2.35. The second kappa shape index (κ2) is 37.1. The first-order chi connectivity index (χ1) is 40.5. The van der Waals surface area contributed by atoms with Crippen LogP contribution in [0.1, 0.15) is 31.1 Å². The molecule has 0 aliphatic heterocycles. The largest absolute Gasteiger partial charge is 0.395 e. The zero-order valence-electron chi connectivity index (χ0n) is 45.7. The number of non-ortho nitro benzene ring substituents is 3. The maximum atomic E-state index is 12.6. The summed E-state index contributed by atoms with van der Waals surface area (Å²) < 4.78 is 81.2. The molecule has 0 saturated heterocycles. The van der Waals surface area contributed by atoms with Gasteiger partial charge in [0.2, 0.25) is 0 Å². The normalized spacial score (nSPS) is 11.1. The Morgan fingerprint density at radius 2 is 0.644 bits per heavy atom. The summed E-state index contributed by atoms with van der Waals surface area (Å²) in [5, 5.41) is 102. The monoisotopic (exact) mass is 1360 g/mol. The van der Waals surface area contributed by atoms with Gasteiger partial charge in [-0.25, -0.2) is 0 Å². The van der Waals surface area contributed by atoms with Crippen LogP contribution in [0.25, 0.3) is 0 Å². The Labute approximate surface area is 508 Å². The molecule has 3 amide bonds. The van der Waals surface area contributed by atoms with Crippen LogP contribution < -0.4 is 30.7 Å². The number of benzene rings is 3. The third-order valence-corrected chi connectivity index (χ3v) is 12.7. The number of nitro groups is 6.